The fourth-order valence-electron chi connectivity index (χ4n) is 5.43. The molecule has 1 saturated carbocycles. The molecule has 31 heavy (non-hydrogen) atoms. The van der Waals surface area contributed by atoms with Crippen LogP contribution in [0, 0.1) is 17.3 Å². The Balaban J connectivity index is 1.39. The van der Waals surface area contributed by atoms with Gasteiger partial charge in [-0.3, -0.25) is 14.5 Å². The zero-order valence-electron chi connectivity index (χ0n) is 19.2. The number of hydrogen-bond donors (Lipinski definition) is 0. The van der Waals surface area contributed by atoms with Gasteiger partial charge in [-0.25, -0.2) is 0 Å². The van der Waals surface area contributed by atoms with Gasteiger partial charge in [-0.05, 0) is 68.3 Å². The number of nitrogens with zero attached hydrogens (tertiary/aromatic N) is 2. The highest BCUT2D eigenvalue weighted by Crippen LogP contribution is 2.58. The summed E-state index contributed by atoms with van der Waals surface area (Å²) < 4.78 is 10.9. The zero-order valence-corrected chi connectivity index (χ0v) is 19.2. The lowest BCUT2D eigenvalue weighted by Gasteiger charge is -2.30. The summed E-state index contributed by atoms with van der Waals surface area (Å²) in [5.41, 5.74) is 2.56. The maximum Gasteiger partial charge on any atom is 0.308 e. The molecule has 2 fully saturated rings. The third kappa shape index (κ3) is 4.59. The lowest BCUT2D eigenvalue weighted by Crippen LogP contribution is -2.36. The normalized spacial score (nSPS) is 23.5. The van der Waals surface area contributed by atoms with Gasteiger partial charge in [0.2, 0.25) is 5.91 Å². The van der Waals surface area contributed by atoms with E-state index in [-0.39, 0.29) is 23.2 Å². The van der Waals surface area contributed by atoms with Gasteiger partial charge in [0.15, 0.2) is 0 Å². The van der Waals surface area contributed by atoms with E-state index in [1.165, 1.54) is 12.7 Å². The molecule has 0 N–H and O–H groups in total. The smallest absolute Gasteiger partial charge is 0.308 e. The maximum atomic E-state index is 13.2. The number of likely N-dealkylation sites (tertiary alicyclic amines) is 1. The van der Waals surface area contributed by atoms with Gasteiger partial charge in [-0.2, -0.15) is 0 Å². The summed E-state index contributed by atoms with van der Waals surface area (Å²) in [5, 5.41) is 0. The molecule has 0 bridgehead atoms. The molecule has 1 aromatic rings. The lowest BCUT2D eigenvalue weighted by molar-refractivity contribution is -0.147. The Hall–Kier alpha value is -2.08. The Morgan fingerprint density at radius 1 is 1.16 bits per heavy atom. The highest BCUT2D eigenvalue weighted by molar-refractivity contribution is 5.83. The van der Waals surface area contributed by atoms with E-state index in [0.717, 1.165) is 63.1 Å². The second-order valence-electron chi connectivity index (χ2n) is 9.45. The van der Waals surface area contributed by atoms with Gasteiger partial charge in [0.05, 0.1) is 19.6 Å². The Morgan fingerprint density at radius 3 is 2.55 bits per heavy atom. The maximum absolute atomic E-state index is 13.2. The molecular formula is C25H36N2O4. The van der Waals surface area contributed by atoms with Gasteiger partial charge in [-0.15, -0.1) is 0 Å². The van der Waals surface area contributed by atoms with Crippen LogP contribution in [0.2, 0.25) is 0 Å². The van der Waals surface area contributed by atoms with E-state index in [0.29, 0.717) is 25.6 Å². The molecule has 0 spiro atoms. The predicted molar refractivity (Wildman–Crippen MR) is 118 cm³/mol. The van der Waals surface area contributed by atoms with Crippen molar-refractivity contribution in [1.29, 1.82) is 0 Å². The van der Waals surface area contributed by atoms with Crippen LogP contribution in [0.15, 0.2) is 18.2 Å². The van der Waals surface area contributed by atoms with Crippen molar-refractivity contribution in [3.8, 4) is 5.75 Å². The quantitative estimate of drug-likeness (QED) is 0.648. The number of fused-ring (bicyclic) bond motifs is 1. The molecule has 170 valence electrons. The van der Waals surface area contributed by atoms with Crippen LogP contribution in [0.5, 0.6) is 5.75 Å². The summed E-state index contributed by atoms with van der Waals surface area (Å²) in [7, 11) is 1.47. The molecule has 6 nitrogen and oxygen atoms in total. The van der Waals surface area contributed by atoms with E-state index in [1.807, 2.05) is 4.90 Å². The largest absolute Gasteiger partial charge is 0.491 e. The molecule has 2 aliphatic heterocycles. The Kier molecular flexibility index (Phi) is 6.56. The standard InChI is InChI=1S/C25H36N2O4/c1-4-25(5-2)15-21(25)23(28)27-12-13-31-22-7-6-18(14-20(22)17-27)16-26-10-8-19(9-11-26)24(29)30-3/h6-7,14,19,21H,4-5,8-13,15-17H2,1-3H3. The minimum Gasteiger partial charge on any atom is -0.491 e. The SMILES string of the molecule is CCC1(CC)CC1C(=O)N1CCOc2ccc(CN3CCC(C(=O)OC)CC3)cc2C1. The number of ether oxygens (including phenoxy) is 2. The zero-order chi connectivity index (χ0) is 22.0. The lowest BCUT2D eigenvalue weighted by atomic mass is 9.96. The van der Waals surface area contributed by atoms with Crippen molar-refractivity contribution in [3.05, 3.63) is 29.3 Å². The summed E-state index contributed by atoms with van der Waals surface area (Å²) in [4.78, 5) is 29.3. The first kappa shape index (κ1) is 22.1. The first-order chi connectivity index (χ1) is 15.0. The molecule has 0 radical (unpaired) electrons. The molecule has 3 aliphatic rings. The highest BCUT2D eigenvalue weighted by atomic mass is 16.5. The van der Waals surface area contributed by atoms with E-state index in [9.17, 15) is 9.59 Å². The van der Waals surface area contributed by atoms with Crippen LogP contribution in [-0.2, 0) is 27.4 Å². The van der Waals surface area contributed by atoms with E-state index in [4.69, 9.17) is 9.47 Å². The molecular weight excluding hydrogens is 392 g/mol. The van der Waals surface area contributed by atoms with Crippen molar-refractivity contribution in [1.82, 2.24) is 9.80 Å². The number of rotatable bonds is 6. The third-order valence-corrected chi connectivity index (χ3v) is 7.84. The summed E-state index contributed by atoms with van der Waals surface area (Å²) >= 11 is 0. The number of esters is 1. The average molecular weight is 429 g/mol. The predicted octanol–water partition coefficient (Wildman–Crippen LogP) is 3.62. The van der Waals surface area contributed by atoms with Crippen LogP contribution >= 0.6 is 0 Å². The molecule has 1 aromatic carbocycles. The van der Waals surface area contributed by atoms with Gasteiger partial charge >= 0.3 is 5.97 Å². The number of carbonyl (C=O) groups is 2. The van der Waals surface area contributed by atoms with E-state index < -0.39 is 0 Å². The van der Waals surface area contributed by atoms with E-state index in [2.05, 4.69) is 36.9 Å². The van der Waals surface area contributed by atoms with Crippen LogP contribution < -0.4 is 4.74 Å². The van der Waals surface area contributed by atoms with Crippen molar-refractivity contribution < 1.29 is 19.1 Å². The van der Waals surface area contributed by atoms with Crippen LogP contribution in [0.3, 0.4) is 0 Å². The van der Waals surface area contributed by atoms with Crippen molar-refractivity contribution in [2.45, 2.75) is 59.0 Å². The van der Waals surface area contributed by atoms with Crippen LogP contribution in [0.1, 0.15) is 57.1 Å². The molecule has 1 amide bonds. The van der Waals surface area contributed by atoms with Gasteiger partial charge in [0.1, 0.15) is 12.4 Å². The molecule has 1 unspecified atom stereocenters. The molecule has 1 atom stereocenters. The fraction of sp³-hybridized carbons (Fsp3) is 0.680. The molecule has 1 saturated heterocycles. The average Bonchev–Trinajstić information content (AvgIpc) is 3.57. The first-order valence-corrected chi connectivity index (χ1v) is 11.8. The van der Waals surface area contributed by atoms with Gasteiger partial charge in [0, 0.05) is 24.6 Å². The number of amides is 1. The molecule has 1 aliphatic carbocycles. The number of benzene rings is 1. The molecule has 2 heterocycles. The monoisotopic (exact) mass is 428 g/mol. The number of piperidine rings is 1. The summed E-state index contributed by atoms with van der Waals surface area (Å²) in [6.45, 7) is 8.90. The van der Waals surface area contributed by atoms with E-state index in [1.54, 1.807) is 0 Å². The first-order valence-electron chi connectivity index (χ1n) is 11.8. The molecule has 0 aromatic heterocycles. The molecule has 6 heteroatoms. The molecule has 4 rings (SSSR count). The third-order valence-electron chi connectivity index (χ3n) is 7.84. The second-order valence-corrected chi connectivity index (χ2v) is 9.45. The summed E-state index contributed by atoms with van der Waals surface area (Å²) in [6, 6.07) is 6.38. The second kappa shape index (κ2) is 9.19. The van der Waals surface area contributed by atoms with Crippen LogP contribution in [-0.4, -0.2) is 55.0 Å². The Morgan fingerprint density at radius 2 is 1.90 bits per heavy atom. The highest BCUT2D eigenvalue weighted by Gasteiger charge is 2.56. The minimum absolute atomic E-state index is 0.0297. The van der Waals surface area contributed by atoms with Crippen molar-refractivity contribution in [2.24, 2.45) is 17.3 Å². The Bertz CT molecular complexity index is 812. The van der Waals surface area contributed by atoms with Crippen LogP contribution in [0.25, 0.3) is 0 Å². The van der Waals surface area contributed by atoms with Crippen LogP contribution in [0.4, 0.5) is 0 Å². The number of hydrogen-bond acceptors (Lipinski definition) is 5. The summed E-state index contributed by atoms with van der Waals surface area (Å²) in [6.07, 6.45) is 4.89. The Labute approximate surface area is 185 Å². The number of carbonyl (C=O) groups excluding carboxylic acids is 2. The fourth-order valence-corrected chi connectivity index (χ4v) is 5.43. The van der Waals surface area contributed by atoms with Gasteiger partial charge in [-0.1, -0.05) is 19.9 Å². The van der Waals surface area contributed by atoms with Gasteiger partial charge < -0.3 is 14.4 Å². The van der Waals surface area contributed by atoms with E-state index >= 15 is 0 Å². The minimum atomic E-state index is -0.0857. The van der Waals surface area contributed by atoms with Gasteiger partial charge in [0.25, 0.3) is 0 Å². The topological polar surface area (TPSA) is 59.1 Å². The van der Waals surface area contributed by atoms with Crippen molar-refractivity contribution in [3.63, 3.8) is 0 Å². The number of methoxy groups -OCH3 is 1. The van der Waals surface area contributed by atoms with Crippen molar-refractivity contribution in [2.75, 3.05) is 33.4 Å². The summed E-state index contributed by atoms with van der Waals surface area (Å²) in [5.74, 6) is 1.33. The van der Waals surface area contributed by atoms with Crippen molar-refractivity contribution >= 4 is 11.9 Å².